The van der Waals surface area contributed by atoms with Gasteiger partial charge < -0.3 is 5.73 Å². The molecule has 0 aliphatic carbocycles. The topological polar surface area (TPSA) is 26.0 Å². The summed E-state index contributed by atoms with van der Waals surface area (Å²) in [5.74, 6) is 0. The minimum Gasteiger partial charge on any atom is -0.323 e. The Morgan fingerprint density at radius 2 is 2.23 bits per heavy atom. The SMILES string of the molecule is CCC1Sc2c(C)cccc2C1N. The highest BCUT2D eigenvalue weighted by molar-refractivity contribution is 8.00. The van der Waals surface area contributed by atoms with Gasteiger partial charge in [-0.25, -0.2) is 0 Å². The average molecular weight is 193 g/mol. The number of fused-ring (bicyclic) bond motifs is 1. The Kier molecular flexibility index (Phi) is 2.35. The highest BCUT2D eigenvalue weighted by atomic mass is 32.2. The second-order valence-electron chi connectivity index (χ2n) is 3.58. The smallest absolute Gasteiger partial charge is 0.0430 e. The molecule has 1 aromatic carbocycles. The van der Waals surface area contributed by atoms with Crippen molar-refractivity contribution < 1.29 is 0 Å². The number of thioether (sulfide) groups is 1. The summed E-state index contributed by atoms with van der Waals surface area (Å²) in [6.45, 7) is 4.37. The Bertz CT molecular complexity index is 322. The van der Waals surface area contributed by atoms with Crippen molar-refractivity contribution in [2.24, 2.45) is 5.73 Å². The maximum atomic E-state index is 6.15. The molecule has 2 rings (SSSR count). The van der Waals surface area contributed by atoms with Gasteiger partial charge in [0.05, 0.1) is 0 Å². The van der Waals surface area contributed by atoms with E-state index in [1.54, 1.807) is 0 Å². The monoisotopic (exact) mass is 193 g/mol. The first-order chi connectivity index (χ1) is 6.24. The highest BCUT2D eigenvalue weighted by Gasteiger charge is 2.29. The molecule has 0 spiro atoms. The van der Waals surface area contributed by atoms with Crippen molar-refractivity contribution in [3.63, 3.8) is 0 Å². The van der Waals surface area contributed by atoms with Gasteiger partial charge in [-0.15, -0.1) is 11.8 Å². The van der Waals surface area contributed by atoms with Crippen LogP contribution in [0, 0.1) is 6.92 Å². The summed E-state index contributed by atoms with van der Waals surface area (Å²) in [7, 11) is 0. The standard InChI is InChI=1S/C11H15NS/c1-3-9-10(12)8-6-4-5-7(2)11(8)13-9/h4-6,9-10H,3,12H2,1-2H3. The Labute approximate surface area is 83.7 Å². The predicted octanol–water partition coefficient (Wildman–Crippen LogP) is 2.88. The van der Waals surface area contributed by atoms with Crippen molar-refractivity contribution in [3.05, 3.63) is 29.3 Å². The molecular weight excluding hydrogens is 178 g/mol. The van der Waals surface area contributed by atoms with Crippen LogP contribution in [-0.4, -0.2) is 5.25 Å². The molecule has 2 heteroatoms. The molecule has 1 aliphatic heterocycles. The van der Waals surface area contributed by atoms with Crippen LogP contribution < -0.4 is 5.73 Å². The number of nitrogens with two attached hydrogens (primary N) is 1. The quantitative estimate of drug-likeness (QED) is 0.742. The van der Waals surface area contributed by atoms with Gasteiger partial charge in [0.1, 0.15) is 0 Å². The van der Waals surface area contributed by atoms with Gasteiger partial charge in [-0.2, -0.15) is 0 Å². The van der Waals surface area contributed by atoms with E-state index in [1.165, 1.54) is 16.0 Å². The molecule has 0 fully saturated rings. The van der Waals surface area contributed by atoms with E-state index in [0.717, 1.165) is 6.42 Å². The fourth-order valence-electron chi connectivity index (χ4n) is 1.86. The maximum Gasteiger partial charge on any atom is 0.0430 e. The molecule has 2 N–H and O–H groups in total. The molecule has 1 aliphatic rings. The van der Waals surface area contributed by atoms with Crippen molar-refractivity contribution in [3.8, 4) is 0 Å². The minimum absolute atomic E-state index is 0.241. The predicted molar refractivity (Wildman–Crippen MR) is 58.0 cm³/mol. The number of rotatable bonds is 1. The first-order valence-electron chi connectivity index (χ1n) is 4.75. The second-order valence-corrected chi connectivity index (χ2v) is 4.83. The molecule has 0 bridgehead atoms. The van der Waals surface area contributed by atoms with Crippen molar-refractivity contribution in [1.82, 2.24) is 0 Å². The molecule has 2 atom stereocenters. The fraction of sp³-hybridized carbons (Fsp3) is 0.455. The van der Waals surface area contributed by atoms with Gasteiger partial charge in [-0.1, -0.05) is 25.1 Å². The average Bonchev–Trinajstić information content (AvgIpc) is 2.45. The largest absolute Gasteiger partial charge is 0.323 e. The summed E-state index contributed by atoms with van der Waals surface area (Å²) in [6, 6.07) is 6.67. The molecule has 1 nitrogen and oxygen atoms in total. The van der Waals surface area contributed by atoms with Crippen LogP contribution in [0.3, 0.4) is 0 Å². The molecule has 1 aromatic rings. The van der Waals surface area contributed by atoms with E-state index < -0.39 is 0 Å². The first-order valence-corrected chi connectivity index (χ1v) is 5.63. The third kappa shape index (κ3) is 1.38. The van der Waals surface area contributed by atoms with Crippen molar-refractivity contribution >= 4 is 11.8 Å². The van der Waals surface area contributed by atoms with Crippen LogP contribution in [0.25, 0.3) is 0 Å². The third-order valence-electron chi connectivity index (χ3n) is 2.67. The van der Waals surface area contributed by atoms with Crippen LogP contribution in [0.1, 0.15) is 30.5 Å². The second kappa shape index (κ2) is 3.35. The number of hydrogen-bond donors (Lipinski definition) is 1. The van der Waals surface area contributed by atoms with E-state index in [9.17, 15) is 0 Å². The van der Waals surface area contributed by atoms with E-state index >= 15 is 0 Å². The van der Waals surface area contributed by atoms with Gasteiger partial charge in [0.15, 0.2) is 0 Å². The Hall–Kier alpha value is -0.470. The lowest BCUT2D eigenvalue weighted by Gasteiger charge is -2.11. The van der Waals surface area contributed by atoms with Crippen molar-refractivity contribution in [2.75, 3.05) is 0 Å². The minimum atomic E-state index is 0.241. The van der Waals surface area contributed by atoms with Gasteiger partial charge in [-0.3, -0.25) is 0 Å². The van der Waals surface area contributed by atoms with Crippen LogP contribution >= 0.6 is 11.8 Å². The zero-order valence-electron chi connectivity index (χ0n) is 8.08. The number of hydrogen-bond acceptors (Lipinski definition) is 2. The van der Waals surface area contributed by atoms with Gasteiger partial charge in [0, 0.05) is 16.2 Å². The first kappa shape index (κ1) is 9.10. The van der Waals surface area contributed by atoms with Crippen molar-refractivity contribution in [2.45, 2.75) is 36.5 Å². The lowest BCUT2D eigenvalue weighted by Crippen LogP contribution is -2.18. The summed E-state index contributed by atoms with van der Waals surface area (Å²) in [4.78, 5) is 1.42. The summed E-state index contributed by atoms with van der Waals surface area (Å²) >= 11 is 1.95. The zero-order chi connectivity index (χ0) is 9.42. The summed E-state index contributed by atoms with van der Waals surface area (Å²) in [5.41, 5.74) is 8.86. The summed E-state index contributed by atoms with van der Waals surface area (Å²) in [5, 5.41) is 0.580. The molecule has 0 aromatic heterocycles. The van der Waals surface area contributed by atoms with Gasteiger partial charge in [0.2, 0.25) is 0 Å². The van der Waals surface area contributed by atoms with Gasteiger partial charge in [-0.05, 0) is 24.5 Å². The number of benzene rings is 1. The van der Waals surface area contributed by atoms with Crippen LogP contribution in [-0.2, 0) is 0 Å². The lowest BCUT2D eigenvalue weighted by atomic mass is 10.0. The molecule has 70 valence electrons. The molecule has 2 unspecified atom stereocenters. The summed E-state index contributed by atoms with van der Waals surface area (Å²) in [6.07, 6.45) is 1.15. The van der Waals surface area contributed by atoms with Crippen LogP contribution in [0.5, 0.6) is 0 Å². The number of aryl methyl sites for hydroxylation is 1. The molecule has 0 radical (unpaired) electrons. The normalized spacial score (nSPS) is 26.1. The van der Waals surface area contributed by atoms with E-state index in [-0.39, 0.29) is 6.04 Å². The maximum absolute atomic E-state index is 6.15. The molecule has 1 heterocycles. The van der Waals surface area contributed by atoms with Gasteiger partial charge in [0.25, 0.3) is 0 Å². The molecule has 13 heavy (non-hydrogen) atoms. The Morgan fingerprint density at radius 1 is 1.46 bits per heavy atom. The van der Waals surface area contributed by atoms with E-state index in [4.69, 9.17) is 5.73 Å². The highest BCUT2D eigenvalue weighted by Crippen LogP contribution is 2.45. The van der Waals surface area contributed by atoms with E-state index in [0.29, 0.717) is 5.25 Å². The molecule has 0 saturated heterocycles. The Morgan fingerprint density at radius 3 is 2.85 bits per heavy atom. The zero-order valence-corrected chi connectivity index (χ0v) is 8.90. The molecular formula is C11H15NS. The van der Waals surface area contributed by atoms with Crippen LogP contribution in [0.4, 0.5) is 0 Å². The lowest BCUT2D eigenvalue weighted by molar-refractivity contribution is 0.666. The van der Waals surface area contributed by atoms with E-state index in [2.05, 4.69) is 32.0 Å². The van der Waals surface area contributed by atoms with E-state index in [1.807, 2.05) is 11.8 Å². The third-order valence-corrected chi connectivity index (χ3v) is 4.40. The fourth-order valence-corrected chi connectivity index (χ4v) is 3.22. The molecule has 0 saturated carbocycles. The van der Waals surface area contributed by atoms with Crippen LogP contribution in [0.2, 0.25) is 0 Å². The van der Waals surface area contributed by atoms with Crippen molar-refractivity contribution in [1.29, 1.82) is 0 Å². The molecule has 0 amide bonds. The Balaban J connectivity index is 2.43. The van der Waals surface area contributed by atoms with Crippen LogP contribution in [0.15, 0.2) is 23.1 Å². The summed E-state index contributed by atoms with van der Waals surface area (Å²) < 4.78 is 0. The van der Waals surface area contributed by atoms with Gasteiger partial charge >= 0.3 is 0 Å².